The van der Waals surface area contributed by atoms with Gasteiger partial charge in [0.25, 0.3) is 0 Å². The van der Waals surface area contributed by atoms with E-state index in [9.17, 15) is 14.4 Å². The number of nitrogens with zero attached hydrogens (tertiary/aromatic N) is 2. The quantitative estimate of drug-likeness (QED) is 0.310. The molecule has 37 heavy (non-hydrogen) atoms. The van der Waals surface area contributed by atoms with Crippen LogP contribution in [0.2, 0.25) is 0 Å². The van der Waals surface area contributed by atoms with Crippen molar-refractivity contribution in [1.29, 1.82) is 0 Å². The first-order valence-electron chi connectivity index (χ1n) is 11.7. The molecular weight excluding hydrogens is 534 g/mol. The Morgan fingerprint density at radius 2 is 1.62 bits per heavy atom. The number of Topliss-reactive ketones (excluding diaryl/α,β-unsaturated/α-hetero) is 2. The van der Waals surface area contributed by atoms with E-state index in [1.807, 2.05) is 50.2 Å². The Hall–Kier alpha value is -4.04. The molecule has 0 radical (unpaired) electrons. The van der Waals surface area contributed by atoms with Crippen molar-refractivity contribution >= 4 is 38.5 Å². The van der Waals surface area contributed by atoms with Crippen LogP contribution in [0.5, 0.6) is 0 Å². The molecule has 1 aliphatic rings. The van der Waals surface area contributed by atoms with E-state index < -0.39 is 11.5 Å². The van der Waals surface area contributed by atoms with Crippen LogP contribution < -0.4 is 10.9 Å². The van der Waals surface area contributed by atoms with Gasteiger partial charge in [-0.1, -0.05) is 34.1 Å². The van der Waals surface area contributed by atoms with E-state index in [0.29, 0.717) is 44.8 Å². The number of rotatable bonds is 5. The van der Waals surface area contributed by atoms with Gasteiger partial charge in [0, 0.05) is 50.1 Å². The van der Waals surface area contributed by atoms with Crippen LogP contribution in [0.25, 0.3) is 27.9 Å². The van der Waals surface area contributed by atoms with Crippen molar-refractivity contribution in [3.8, 4) is 16.9 Å². The van der Waals surface area contributed by atoms with Gasteiger partial charge in [0.05, 0.1) is 11.3 Å². The molecule has 0 spiro atoms. The third-order valence-electron chi connectivity index (χ3n) is 6.54. The van der Waals surface area contributed by atoms with E-state index in [0.717, 1.165) is 10.2 Å². The fraction of sp³-hybridized carbons (Fsp3) is 0.172. The molecule has 8 heteroatoms. The fourth-order valence-corrected chi connectivity index (χ4v) is 5.40. The molecular formula is C29H24BrN3O4. The number of benzene rings is 2. The van der Waals surface area contributed by atoms with Gasteiger partial charge < -0.3 is 9.73 Å². The monoisotopic (exact) mass is 557 g/mol. The van der Waals surface area contributed by atoms with E-state index in [1.165, 1.54) is 13.8 Å². The molecule has 2 aromatic carbocycles. The molecule has 1 aliphatic heterocycles. The van der Waals surface area contributed by atoms with Crippen molar-refractivity contribution in [2.45, 2.75) is 33.6 Å². The van der Waals surface area contributed by atoms with Crippen LogP contribution in [-0.4, -0.2) is 21.3 Å². The number of ketones is 2. The summed E-state index contributed by atoms with van der Waals surface area (Å²) in [5, 5.41) is 8.71. The highest BCUT2D eigenvalue weighted by Crippen LogP contribution is 2.42. The maximum absolute atomic E-state index is 13.3. The SMILES string of the molecule is CC(=O)C1=C(C)NC(C)=C(C(C)=O)C1c1cn(-c2ccccc2)nc1-c1cc2cc(Br)ccc2oc1=O. The third-order valence-corrected chi connectivity index (χ3v) is 7.04. The maximum atomic E-state index is 13.3. The van der Waals surface area contributed by atoms with Crippen LogP contribution in [0.3, 0.4) is 0 Å². The molecule has 186 valence electrons. The van der Waals surface area contributed by atoms with Gasteiger partial charge in [-0.3, -0.25) is 9.59 Å². The van der Waals surface area contributed by atoms with Crippen LogP contribution in [-0.2, 0) is 9.59 Å². The number of hydrogen-bond donors (Lipinski definition) is 1. The molecule has 0 atom stereocenters. The maximum Gasteiger partial charge on any atom is 0.345 e. The Morgan fingerprint density at radius 3 is 2.24 bits per heavy atom. The van der Waals surface area contributed by atoms with Gasteiger partial charge in [0.2, 0.25) is 0 Å². The summed E-state index contributed by atoms with van der Waals surface area (Å²) >= 11 is 3.47. The summed E-state index contributed by atoms with van der Waals surface area (Å²) in [5.74, 6) is -1.05. The number of carbonyl (C=O) groups is 2. The predicted molar refractivity (Wildman–Crippen MR) is 145 cm³/mol. The lowest BCUT2D eigenvalue weighted by Crippen LogP contribution is -2.30. The third kappa shape index (κ3) is 4.38. The Balaban J connectivity index is 1.86. The second-order valence-electron chi connectivity index (χ2n) is 9.09. The molecule has 4 aromatic rings. The van der Waals surface area contributed by atoms with Crippen LogP contribution in [0.15, 0.2) is 97.0 Å². The first-order chi connectivity index (χ1) is 17.7. The molecule has 0 unspecified atom stereocenters. The molecule has 2 aromatic heterocycles. The number of nitrogens with one attached hydrogen (secondary N) is 1. The smallest absolute Gasteiger partial charge is 0.345 e. The van der Waals surface area contributed by atoms with Crippen molar-refractivity contribution < 1.29 is 14.0 Å². The lowest BCUT2D eigenvalue weighted by molar-refractivity contribution is -0.114. The zero-order chi connectivity index (χ0) is 26.4. The topological polar surface area (TPSA) is 94.2 Å². The molecule has 7 nitrogen and oxygen atoms in total. The largest absolute Gasteiger partial charge is 0.422 e. The Kier molecular flexibility index (Phi) is 6.29. The van der Waals surface area contributed by atoms with Crippen molar-refractivity contribution in [3.63, 3.8) is 0 Å². The first-order valence-corrected chi connectivity index (χ1v) is 12.5. The minimum absolute atomic E-state index is 0.172. The van der Waals surface area contributed by atoms with Gasteiger partial charge >= 0.3 is 5.63 Å². The van der Waals surface area contributed by atoms with Gasteiger partial charge in [-0.05, 0) is 64.1 Å². The molecule has 0 aliphatic carbocycles. The Labute approximate surface area is 221 Å². The summed E-state index contributed by atoms with van der Waals surface area (Å²) in [6, 6.07) is 16.6. The highest BCUT2D eigenvalue weighted by Gasteiger charge is 2.37. The summed E-state index contributed by atoms with van der Waals surface area (Å²) in [6.07, 6.45) is 1.79. The fourth-order valence-electron chi connectivity index (χ4n) is 5.02. The summed E-state index contributed by atoms with van der Waals surface area (Å²) < 4.78 is 8.15. The summed E-state index contributed by atoms with van der Waals surface area (Å²) in [7, 11) is 0. The van der Waals surface area contributed by atoms with Crippen molar-refractivity contribution in [2.75, 3.05) is 0 Å². The molecule has 0 saturated carbocycles. The van der Waals surface area contributed by atoms with E-state index >= 15 is 0 Å². The second-order valence-corrected chi connectivity index (χ2v) is 10.0. The van der Waals surface area contributed by atoms with E-state index in [4.69, 9.17) is 9.52 Å². The lowest BCUT2D eigenvalue weighted by atomic mass is 9.77. The van der Waals surface area contributed by atoms with Crippen LogP contribution in [0.4, 0.5) is 0 Å². The van der Waals surface area contributed by atoms with Crippen molar-refractivity contribution in [3.05, 3.63) is 104 Å². The normalized spacial score (nSPS) is 14.3. The number of allylic oxidation sites excluding steroid dienone is 4. The summed E-state index contributed by atoms with van der Waals surface area (Å²) in [5.41, 5.74) is 4.06. The predicted octanol–water partition coefficient (Wildman–Crippen LogP) is 5.82. The highest BCUT2D eigenvalue weighted by atomic mass is 79.9. The van der Waals surface area contributed by atoms with Gasteiger partial charge in [0.1, 0.15) is 11.3 Å². The number of hydrogen-bond acceptors (Lipinski definition) is 6. The van der Waals surface area contributed by atoms with Gasteiger partial charge in [-0.25, -0.2) is 9.48 Å². The number of aromatic nitrogens is 2. The highest BCUT2D eigenvalue weighted by molar-refractivity contribution is 9.10. The number of dihydropyridines is 1. The Bertz CT molecular complexity index is 1670. The zero-order valence-corrected chi connectivity index (χ0v) is 22.3. The van der Waals surface area contributed by atoms with E-state index in [2.05, 4.69) is 21.2 Å². The Morgan fingerprint density at radius 1 is 0.973 bits per heavy atom. The molecule has 0 bridgehead atoms. The van der Waals surface area contributed by atoms with E-state index in [1.54, 1.807) is 29.1 Å². The van der Waals surface area contributed by atoms with E-state index in [-0.39, 0.29) is 17.1 Å². The molecule has 1 N–H and O–H groups in total. The van der Waals surface area contributed by atoms with Crippen LogP contribution in [0.1, 0.15) is 39.2 Å². The summed E-state index contributed by atoms with van der Waals surface area (Å²) in [6.45, 7) is 6.59. The van der Waals surface area contributed by atoms with Gasteiger partial charge in [-0.15, -0.1) is 0 Å². The van der Waals surface area contributed by atoms with Crippen LogP contribution in [0, 0.1) is 0 Å². The molecule has 5 rings (SSSR count). The number of carbonyl (C=O) groups excluding carboxylic acids is 2. The molecule has 0 saturated heterocycles. The van der Waals surface area contributed by atoms with Crippen LogP contribution >= 0.6 is 15.9 Å². The second kappa shape index (κ2) is 9.44. The molecule has 3 heterocycles. The standard InChI is InChI=1S/C29H24BrN3O4/c1-15-25(17(3)34)27(26(18(4)35)16(2)31-15)23-14-33(21-8-6-5-7-9-21)32-28(23)22-13-19-12-20(30)10-11-24(19)37-29(22)36/h5-14,27,31H,1-4H3. The zero-order valence-electron chi connectivity index (χ0n) is 20.8. The van der Waals surface area contributed by atoms with Crippen molar-refractivity contribution in [1.82, 2.24) is 15.1 Å². The first kappa shape index (κ1) is 24.6. The van der Waals surface area contributed by atoms with Crippen molar-refractivity contribution in [2.24, 2.45) is 0 Å². The molecule has 0 fully saturated rings. The minimum atomic E-state index is -0.707. The van der Waals surface area contributed by atoms with Gasteiger partial charge in [0.15, 0.2) is 11.6 Å². The number of halogens is 1. The lowest BCUT2D eigenvalue weighted by Gasteiger charge is -2.30. The number of para-hydroxylation sites is 1. The molecule has 0 amide bonds. The average Bonchev–Trinajstić information content (AvgIpc) is 3.28. The minimum Gasteiger partial charge on any atom is -0.422 e. The van der Waals surface area contributed by atoms with Gasteiger partial charge in [-0.2, -0.15) is 5.10 Å². The summed E-state index contributed by atoms with van der Waals surface area (Å²) in [4.78, 5) is 39.1. The number of fused-ring (bicyclic) bond motifs is 1. The average molecular weight is 558 g/mol.